The Morgan fingerprint density at radius 2 is 2.05 bits per heavy atom. The molecule has 7 heteroatoms. The number of nitrogens with zero attached hydrogens (tertiary/aromatic N) is 4. The Kier molecular flexibility index (Phi) is 3.77. The zero-order valence-electron chi connectivity index (χ0n) is 10.4. The van der Waals surface area contributed by atoms with Crippen LogP contribution < -0.4 is 0 Å². The molecule has 102 valence electrons. The number of aromatic nitrogens is 4. The van der Waals surface area contributed by atoms with Crippen LogP contribution in [0.1, 0.15) is 17.0 Å². The number of halogens is 1. The minimum atomic E-state index is -0.145. The Balaban J connectivity index is 1.99. The first-order chi connectivity index (χ1) is 9.78. The molecule has 3 rings (SSSR count). The molecule has 1 aromatic carbocycles. The predicted molar refractivity (Wildman–Crippen MR) is 77.2 cm³/mol. The van der Waals surface area contributed by atoms with E-state index in [2.05, 4.69) is 15.3 Å². The molecule has 0 saturated heterocycles. The molecular formula is C13H11ClN4OS. The first kappa shape index (κ1) is 13.2. The predicted octanol–water partition coefficient (Wildman–Crippen LogP) is 2.46. The highest BCUT2D eigenvalue weighted by atomic mass is 35.5. The van der Waals surface area contributed by atoms with E-state index in [1.165, 1.54) is 11.3 Å². The minimum absolute atomic E-state index is 0.145. The summed E-state index contributed by atoms with van der Waals surface area (Å²) in [5, 5.41) is 20.8. The van der Waals surface area contributed by atoms with Crippen molar-refractivity contribution in [3.8, 4) is 5.13 Å². The molecule has 20 heavy (non-hydrogen) atoms. The molecular weight excluding hydrogens is 296 g/mol. The van der Waals surface area contributed by atoms with Gasteiger partial charge in [-0.05, 0) is 17.7 Å². The summed E-state index contributed by atoms with van der Waals surface area (Å²) in [5.41, 5.74) is 2.48. The van der Waals surface area contributed by atoms with Gasteiger partial charge in [0.15, 0.2) is 0 Å². The SMILES string of the molecule is OCc1nnn(-c2nccs2)c1Cc1ccc(Cl)cc1. The second-order valence-electron chi connectivity index (χ2n) is 4.17. The van der Waals surface area contributed by atoms with Crippen LogP contribution in [-0.2, 0) is 13.0 Å². The van der Waals surface area contributed by atoms with Gasteiger partial charge in [-0.3, -0.25) is 0 Å². The summed E-state index contributed by atoms with van der Waals surface area (Å²) in [4.78, 5) is 4.23. The quantitative estimate of drug-likeness (QED) is 0.804. The third-order valence-corrected chi connectivity index (χ3v) is 3.88. The van der Waals surface area contributed by atoms with Gasteiger partial charge in [0.25, 0.3) is 0 Å². The molecule has 0 aliphatic rings. The van der Waals surface area contributed by atoms with Crippen molar-refractivity contribution >= 4 is 22.9 Å². The van der Waals surface area contributed by atoms with Gasteiger partial charge in [0, 0.05) is 23.0 Å². The topological polar surface area (TPSA) is 63.8 Å². The average Bonchev–Trinajstić information content (AvgIpc) is 3.10. The van der Waals surface area contributed by atoms with E-state index < -0.39 is 0 Å². The van der Waals surface area contributed by atoms with Crippen LogP contribution in [0.5, 0.6) is 0 Å². The standard InChI is InChI=1S/C13H11ClN4OS/c14-10-3-1-9(2-4-10)7-12-11(8-19)16-17-18(12)13-15-5-6-20-13/h1-6,19H,7-8H2. The molecule has 0 fully saturated rings. The largest absolute Gasteiger partial charge is 0.390 e. The summed E-state index contributed by atoms with van der Waals surface area (Å²) in [6, 6.07) is 7.57. The van der Waals surface area contributed by atoms with Crippen molar-refractivity contribution in [2.45, 2.75) is 13.0 Å². The van der Waals surface area contributed by atoms with E-state index in [9.17, 15) is 5.11 Å². The lowest BCUT2D eigenvalue weighted by molar-refractivity contribution is 0.275. The lowest BCUT2D eigenvalue weighted by Gasteiger charge is -2.05. The molecule has 0 aliphatic heterocycles. The monoisotopic (exact) mass is 306 g/mol. The van der Waals surface area contributed by atoms with Crippen molar-refractivity contribution in [3.63, 3.8) is 0 Å². The van der Waals surface area contributed by atoms with E-state index in [-0.39, 0.29) is 6.61 Å². The van der Waals surface area contributed by atoms with Gasteiger partial charge in [-0.1, -0.05) is 28.9 Å². The van der Waals surface area contributed by atoms with Crippen molar-refractivity contribution in [2.24, 2.45) is 0 Å². The highest BCUT2D eigenvalue weighted by Gasteiger charge is 2.15. The maximum Gasteiger partial charge on any atom is 0.211 e. The number of hydrogen-bond donors (Lipinski definition) is 1. The molecule has 0 bridgehead atoms. The van der Waals surface area contributed by atoms with E-state index in [0.29, 0.717) is 17.1 Å². The number of aliphatic hydroxyl groups excluding tert-OH is 1. The van der Waals surface area contributed by atoms with Crippen LogP contribution in [0.2, 0.25) is 5.02 Å². The molecule has 2 heterocycles. The van der Waals surface area contributed by atoms with Crippen molar-refractivity contribution in [2.75, 3.05) is 0 Å². The first-order valence-corrected chi connectivity index (χ1v) is 7.22. The fourth-order valence-corrected chi connectivity index (χ4v) is 2.64. The molecule has 3 aromatic rings. The second-order valence-corrected chi connectivity index (χ2v) is 5.48. The molecule has 0 unspecified atom stereocenters. The Morgan fingerprint density at radius 3 is 2.70 bits per heavy atom. The van der Waals surface area contributed by atoms with E-state index in [0.717, 1.165) is 16.4 Å². The number of benzene rings is 1. The Morgan fingerprint density at radius 1 is 1.25 bits per heavy atom. The summed E-state index contributed by atoms with van der Waals surface area (Å²) < 4.78 is 1.67. The summed E-state index contributed by atoms with van der Waals surface area (Å²) in [6.45, 7) is -0.145. The van der Waals surface area contributed by atoms with Crippen molar-refractivity contribution in [3.05, 3.63) is 57.8 Å². The third kappa shape index (κ3) is 2.58. The maximum atomic E-state index is 9.40. The van der Waals surface area contributed by atoms with Gasteiger partial charge in [-0.2, -0.15) is 4.68 Å². The van der Waals surface area contributed by atoms with Crippen LogP contribution in [0.15, 0.2) is 35.8 Å². The smallest absolute Gasteiger partial charge is 0.211 e. The van der Waals surface area contributed by atoms with Gasteiger partial charge in [-0.25, -0.2) is 4.98 Å². The Hall–Kier alpha value is -1.76. The van der Waals surface area contributed by atoms with Crippen LogP contribution in [-0.4, -0.2) is 25.1 Å². The number of hydrogen-bond acceptors (Lipinski definition) is 5. The number of aliphatic hydroxyl groups is 1. The number of rotatable bonds is 4. The summed E-state index contributed by atoms with van der Waals surface area (Å²) in [6.07, 6.45) is 2.33. The normalized spacial score (nSPS) is 10.9. The molecule has 0 spiro atoms. The molecule has 1 N–H and O–H groups in total. The van der Waals surface area contributed by atoms with Crippen LogP contribution in [0.3, 0.4) is 0 Å². The highest BCUT2D eigenvalue weighted by molar-refractivity contribution is 7.12. The van der Waals surface area contributed by atoms with Crippen molar-refractivity contribution in [1.29, 1.82) is 0 Å². The van der Waals surface area contributed by atoms with Crippen LogP contribution in [0.4, 0.5) is 0 Å². The van der Waals surface area contributed by atoms with E-state index >= 15 is 0 Å². The molecule has 5 nitrogen and oxygen atoms in total. The van der Waals surface area contributed by atoms with Gasteiger partial charge in [0.1, 0.15) is 5.69 Å². The zero-order chi connectivity index (χ0) is 13.9. The van der Waals surface area contributed by atoms with Gasteiger partial charge >= 0.3 is 0 Å². The fourth-order valence-electron chi connectivity index (χ4n) is 1.90. The van der Waals surface area contributed by atoms with Gasteiger partial charge in [0.2, 0.25) is 5.13 Å². The summed E-state index contributed by atoms with van der Waals surface area (Å²) >= 11 is 7.36. The molecule has 0 atom stereocenters. The van der Waals surface area contributed by atoms with Crippen LogP contribution >= 0.6 is 22.9 Å². The molecule has 2 aromatic heterocycles. The summed E-state index contributed by atoms with van der Waals surface area (Å²) in [5.74, 6) is 0. The van der Waals surface area contributed by atoms with E-state index in [1.807, 2.05) is 29.6 Å². The third-order valence-electron chi connectivity index (χ3n) is 2.88. The van der Waals surface area contributed by atoms with Crippen molar-refractivity contribution < 1.29 is 5.11 Å². The van der Waals surface area contributed by atoms with E-state index in [4.69, 9.17) is 11.6 Å². The molecule has 0 radical (unpaired) electrons. The first-order valence-electron chi connectivity index (χ1n) is 5.96. The molecule has 0 aliphatic carbocycles. The van der Waals surface area contributed by atoms with Gasteiger partial charge in [-0.15, -0.1) is 16.4 Å². The highest BCUT2D eigenvalue weighted by Crippen LogP contribution is 2.19. The van der Waals surface area contributed by atoms with Crippen LogP contribution in [0, 0.1) is 0 Å². The van der Waals surface area contributed by atoms with Crippen molar-refractivity contribution in [1.82, 2.24) is 20.0 Å². The summed E-state index contributed by atoms with van der Waals surface area (Å²) in [7, 11) is 0. The Bertz CT molecular complexity index is 694. The fraction of sp³-hybridized carbons (Fsp3) is 0.154. The molecule has 0 amide bonds. The lowest BCUT2D eigenvalue weighted by Crippen LogP contribution is -2.04. The maximum absolute atomic E-state index is 9.40. The van der Waals surface area contributed by atoms with E-state index in [1.54, 1.807) is 10.9 Å². The number of thiazole rings is 1. The van der Waals surface area contributed by atoms with Gasteiger partial charge < -0.3 is 5.11 Å². The average molecular weight is 307 g/mol. The lowest BCUT2D eigenvalue weighted by atomic mass is 10.1. The van der Waals surface area contributed by atoms with Crippen LogP contribution in [0.25, 0.3) is 5.13 Å². The second kappa shape index (κ2) is 5.70. The molecule has 0 saturated carbocycles. The van der Waals surface area contributed by atoms with Gasteiger partial charge in [0.05, 0.1) is 12.3 Å². The minimum Gasteiger partial charge on any atom is -0.390 e. The zero-order valence-corrected chi connectivity index (χ0v) is 12.0. The Labute approximate surface area is 124 Å².